The zero-order chi connectivity index (χ0) is 21.3. The smallest absolute Gasteiger partial charge is 0.254 e. The van der Waals surface area contributed by atoms with Crippen LogP contribution >= 0.6 is 11.6 Å². The second-order valence-corrected chi connectivity index (χ2v) is 7.46. The lowest BCUT2D eigenvalue weighted by Crippen LogP contribution is -2.27. The third-order valence-electron chi connectivity index (χ3n) is 5.05. The average molecular weight is 421 g/mol. The molecule has 8 heteroatoms. The summed E-state index contributed by atoms with van der Waals surface area (Å²) in [6.45, 7) is 5.29. The van der Waals surface area contributed by atoms with Crippen molar-refractivity contribution >= 4 is 28.4 Å². The minimum Gasteiger partial charge on any atom is -0.337 e. The van der Waals surface area contributed by atoms with Crippen LogP contribution in [0.5, 0.6) is 0 Å². The van der Waals surface area contributed by atoms with E-state index in [1.54, 1.807) is 54.7 Å². The van der Waals surface area contributed by atoms with Gasteiger partial charge in [0.1, 0.15) is 5.69 Å². The first-order valence-corrected chi connectivity index (χ1v) is 10.00. The summed E-state index contributed by atoms with van der Waals surface area (Å²) in [5, 5.41) is 5.61. The number of aromatic nitrogens is 5. The Labute approximate surface area is 179 Å². The van der Waals surface area contributed by atoms with Gasteiger partial charge in [0.15, 0.2) is 5.82 Å². The predicted octanol–water partition coefficient (Wildman–Crippen LogP) is 4.14. The van der Waals surface area contributed by atoms with E-state index in [1.165, 1.54) is 0 Å². The van der Waals surface area contributed by atoms with Gasteiger partial charge in [0, 0.05) is 54.2 Å². The van der Waals surface area contributed by atoms with Gasteiger partial charge < -0.3 is 4.90 Å². The molecule has 0 atom stereocenters. The monoisotopic (exact) mass is 420 g/mol. The third kappa shape index (κ3) is 3.76. The van der Waals surface area contributed by atoms with Crippen molar-refractivity contribution in [2.75, 3.05) is 7.05 Å². The molecule has 1 aromatic carbocycles. The lowest BCUT2D eigenvalue weighted by molar-refractivity contribution is 0.0787. The summed E-state index contributed by atoms with van der Waals surface area (Å²) < 4.78 is 1.92. The Hall–Kier alpha value is -3.32. The van der Waals surface area contributed by atoms with Crippen molar-refractivity contribution in [3.8, 4) is 11.5 Å². The number of amides is 1. The number of rotatable bonds is 5. The lowest BCUT2D eigenvalue weighted by atomic mass is 10.1. The second-order valence-electron chi connectivity index (χ2n) is 7.02. The number of carbonyl (C=O) groups excluding carboxylic acids is 1. The van der Waals surface area contributed by atoms with Crippen LogP contribution in [0.1, 0.15) is 28.5 Å². The molecular formula is C22H21ClN6O. The Morgan fingerprint density at radius 3 is 2.67 bits per heavy atom. The molecule has 0 aliphatic rings. The Bertz CT molecular complexity index is 1220. The van der Waals surface area contributed by atoms with Crippen LogP contribution in [0, 0.1) is 6.92 Å². The summed E-state index contributed by atoms with van der Waals surface area (Å²) in [4.78, 5) is 28.3. The summed E-state index contributed by atoms with van der Waals surface area (Å²) in [7, 11) is 1.78. The number of aryl methyl sites for hydroxylation is 1. The summed E-state index contributed by atoms with van der Waals surface area (Å²) in [6.07, 6.45) is 5.11. The largest absolute Gasteiger partial charge is 0.337 e. The molecule has 4 rings (SSSR count). The van der Waals surface area contributed by atoms with Crippen LogP contribution in [0.25, 0.3) is 22.4 Å². The van der Waals surface area contributed by atoms with Gasteiger partial charge in [-0.1, -0.05) is 11.6 Å². The van der Waals surface area contributed by atoms with E-state index in [4.69, 9.17) is 11.6 Å². The normalized spacial score (nSPS) is 11.1. The molecule has 0 aliphatic heterocycles. The molecule has 30 heavy (non-hydrogen) atoms. The van der Waals surface area contributed by atoms with E-state index in [2.05, 4.69) is 20.1 Å². The first-order chi connectivity index (χ1) is 14.5. The summed E-state index contributed by atoms with van der Waals surface area (Å²) in [5.41, 5.74) is 3.77. The van der Waals surface area contributed by atoms with Crippen molar-refractivity contribution < 1.29 is 4.79 Å². The molecule has 3 aromatic heterocycles. The molecule has 0 fully saturated rings. The van der Waals surface area contributed by atoms with Crippen molar-refractivity contribution in [2.24, 2.45) is 0 Å². The van der Waals surface area contributed by atoms with Gasteiger partial charge in [0.05, 0.1) is 17.3 Å². The molecule has 0 aliphatic carbocycles. The maximum atomic E-state index is 13.4. The number of halogens is 1. The van der Waals surface area contributed by atoms with Crippen LogP contribution in [-0.4, -0.2) is 42.6 Å². The highest BCUT2D eigenvalue weighted by Crippen LogP contribution is 2.27. The molecule has 4 aromatic rings. The zero-order valence-corrected chi connectivity index (χ0v) is 17.8. The first kappa shape index (κ1) is 20.0. The molecule has 0 radical (unpaired) electrons. The van der Waals surface area contributed by atoms with E-state index in [1.807, 2.05) is 24.7 Å². The Morgan fingerprint density at radius 2 is 1.97 bits per heavy atom. The average Bonchev–Trinajstić information content (AvgIpc) is 3.12. The molecule has 7 nitrogen and oxygen atoms in total. The number of benzene rings is 1. The SMILES string of the molecule is CCn1ncc(CN(C)C(=O)c2cc(-c3ncccn3)nc3ccc(Cl)cc23)c1C. The van der Waals surface area contributed by atoms with Gasteiger partial charge >= 0.3 is 0 Å². The van der Waals surface area contributed by atoms with Crippen LogP contribution in [-0.2, 0) is 13.1 Å². The van der Waals surface area contributed by atoms with Crippen LogP contribution in [0.3, 0.4) is 0 Å². The minimum absolute atomic E-state index is 0.134. The molecular weight excluding hydrogens is 400 g/mol. The molecule has 0 N–H and O–H groups in total. The zero-order valence-electron chi connectivity index (χ0n) is 17.0. The van der Waals surface area contributed by atoms with Crippen LogP contribution in [0.4, 0.5) is 0 Å². The third-order valence-corrected chi connectivity index (χ3v) is 5.29. The summed E-state index contributed by atoms with van der Waals surface area (Å²) >= 11 is 6.21. The van der Waals surface area contributed by atoms with Gasteiger partial charge in [0.2, 0.25) is 0 Å². The van der Waals surface area contributed by atoms with Crippen molar-refractivity contribution in [1.82, 2.24) is 29.6 Å². The Kier molecular flexibility index (Phi) is 5.46. The molecule has 0 bridgehead atoms. The number of carbonyl (C=O) groups is 1. The van der Waals surface area contributed by atoms with Gasteiger partial charge in [0.25, 0.3) is 5.91 Å². The van der Waals surface area contributed by atoms with Crippen molar-refractivity contribution in [2.45, 2.75) is 26.9 Å². The number of hydrogen-bond acceptors (Lipinski definition) is 5. The van der Waals surface area contributed by atoms with Gasteiger partial charge in [-0.05, 0) is 44.2 Å². The highest BCUT2D eigenvalue weighted by Gasteiger charge is 2.20. The van der Waals surface area contributed by atoms with Crippen molar-refractivity contribution in [1.29, 1.82) is 0 Å². The molecule has 1 amide bonds. The number of nitrogens with zero attached hydrogens (tertiary/aromatic N) is 6. The van der Waals surface area contributed by atoms with E-state index in [-0.39, 0.29) is 5.91 Å². The first-order valence-electron chi connectivity index (χ1n) is 9.62. The number of pyridine rings is 1. The fraction of sp³-hybridized carbons (Fsp3) is 0.227. The Balaban J connectivity index is 1.76. The summed E-state index contributed by atoms with van der Waals surface area (Å²) in [6, 6.07) is 8.79. The quantitative estimate of drug-likeness (QED) is 0.485. The Morgan fingerprint density at radius 1 is 1.20 bits per heavy atom. The lowest BCUT2D eigenvalue weighted by Gasteiger charge is -2.19. The van der Waals surface area contributed by atoms with Gasteiger partial charge in [-0.15, -0.1) is 0 Å². The maximum Gasteiger partial charge on any atom is 0.254 e. The fourth-order valence-corrected chi connectivity index (χ4v) is 3.59. The van der Waals surface area contributed by atoms with Gasteiger partial charge in [-0.25, -0.2) is 15.0 Å². The fourth-order valence-electron chi connectivity index (χ4n) is 3.41. The van der Waals surface area contributed by atoms with Gasteiger partial charge in [-0.3, -0.25) is 9.48 Å². The van der Waals surface area contributed by atoms with E-state index >= 15 is 0 Å². The number of fused-ring (bicyclic) bond motifs is 1. The topological polar surface area (TPSA) is 76.8 Å². The molecule has 3 heterocycles. The molecule has 0 saturated heterocycles. The van der Waals surface area contributed by atoms with Crippen LogP contribution < -0.4 is 0 Å². The highest BCUT2D eigenvalue weighted by molar-refractivity contribution is 6.31. The molecule has 0 unspecified atom stereocenters. The van der Waals surface area contributed by atoms with E-state index in [0.717, 1.165) is 17.8 Å². The second kappa shape index (κ2) is 8.20. The summed E-state index contributed by atoms with van der Waals surface area (Å²) in [5.74, 6) is 0.330. The highest BCUT2D eigenvalue weighted by atomic mass is 35.5. The molecule has 0 spiro atoms. The maximum absolute atomic E-state index is 13.4. The molecule has 0 saturated carbocycles. The number of hydrogen-bond donors (Lipinski definition) is 0. The molecule has 152 valence electrons. The van der Waals surface area contributed by atoms with E-state index in [0.29, 0.717) is 39.6 Å². The van der Waals surface area contributed by atoms with E-state index < -0.39 is 0 Å². The standard InChI is InChI=1S/C22H21ClN6O/c1-4-29-14(2)15(12-26-29)13-28(3)22(30)18-11-20(21-24-8-5-9-25-21)27-19-7-6-16(23)10-17(18)19/h5-12H,4,13H2,1-3H3. The van der Waals surface area contributed by atoms with Gasteiger partial charge in [-0.2, -0.15) is 5.10 Å². The van der Waals surface area contributed by atoms with E-state index in [9.17, 15) is 4.79 Å². The van der Waals surface area contributed by atoms with Crippen LogP contribution in [0.15, 0.2) is 48.9 Å². The van der Waals surface area contributed by atoms with Crippen molar-refractivity contribution in [3.05, 3.63) is 70.8 Å². The predicted molar refractivity (Wildman–Crippen MR) is 116 cm³/mol. The van der Waals surface area contributed by atoms with Crippen LogP contribution in [0.2, 0.25) is 5.02 Å². The minimum atomic E-state index is -0.134. The van der Waals surface area contributed by atoms with Crippen molar-refractivity contribution in [3.63, 3.8) is 0 Å².